The predicted molar refractivity (Wildman–Crippen MR) is 69.9 cm³/mol. The number of aromatic nitrogens is 1. The number of rotatable bonds is 3. The van der Waals surface area contributed by atoms with Crippen LogP contribution in [-0.4, -0.2) is 42.5 Å². The van der Waals surface area contributed by atoms with Crippen molar-refractivity contribution < 1.29 is 9.84 Å². The van der Waals surface area contributed by atoms with Gasteiger partial charge in [-0.2, -0.15) is 0 Å². The molecule has 0 saturated carbocycles. The maximum Gasteiger partial charge on any atom is 0.105 e. The summed E-state index contributed by atoms with van der Waals surface area (Å²) >= 11 is 5.02. The number of piperidine rings is 1. The number of ether oxygens (including phenoxy) is 1. The zero-order valence-electron chi connectivity index (χ0n) is 9.98. The topological polar surface area (TPSA) is 48.5 Å². The fourth-order valence-corrected chi connectivity index (χ4v) is 2.45. The Morgan fingerprint density at radius 2 is 2.41 bits per heavy atom. The second kappa shape index (κ2) is 5.16. The Kier molecular flexibility index (Phi) is 3.81. The number of hydrogen-bond donors (Lipinski definition) is 2. The van der Waals surface area contributed by atoms with Crippen molar-refractivity contribution in [2.24, 2.45) is 0 Å². The maximum atomic E-state index is 10.4. The molecule has 1 aromatic heterocycles. The van der Waals surface area contributed by atoms with Crippen LogP contribution >= 0.6 is 12.2 Å². The molecule has 1 unspecified atom stereocenters. The third-order valence-electron chi connectivity index (χ3n) is 3.10. The Morgan fingerprint density at radius 1 is 1.59 bits per heavy atom. The molecule has 1 saturated heterocycles. The van der Waals surface area contributed by atoms with Gasteiger partial charge in [-0.3, -0.25) is 0 Å². The van der Waals surface area contributed by atoms with Crippen LogP contribution in [0.1, 0.15) is 12.8 Å². The summed E-state index contributed by atoms with van der Waals surface area (Å²) in [5.74, 6) is 0. The van der Waals surface area contributed by atoms with Crippen LogP contribution in [0, 0.1) is 4.64 Å². The number of aliphatic hydroxyl groups is 1. The zero-order valence-corrected chi connectivity index (χ0v) is 10.8. The minimum atomic E-state index is -0.736. The molecule has 0 spiro atoms. The number of hydrogen-bond acceptors (Lipinski definition) is 4. The Labute approximate surface area is 106 Å². The highest BCUT2D eigenvalue weighted by Crippen LogP contribution is 2.25. The Bertz CT molecular complexity index is 410. The van der Waals surface area contributed by atoms with Crippen LogP contribution in [0.3, 0.4) is 0 Å². The quantitative estimate of drug-likeness (QED) is 0.806. The van der Waals surface area contributed by atoms with Gasteiger partial charge in [0.05, 0.1) is 12.3 Å². The standard InChI is InChI=1S/C12H18N2O2S/c1-16-9-12(15)5-2-6-14(8-12)10-3-4-11(17)13-7-10/h3-4,7,15H,2,5-6,8-9H2,1H3,(H,13,17). The molecule has 1 fully saturated rings. The first kappa shape index (κ1) is 12.5. The summed E-state index contributed by atoms with van der Waals surface area (Å²) < 4.78 is 5.81. The van der Waals surface area contributed by atoms with Gasteiger partial charge < -0.3 is 19.7 Å². The molecule has 2 heterocycles. The minimum Gasteiger partial charge on any atom is -0.386 e. The molecule has 0 amide bonds. The van der Waals surface area contributed by atoms with Crippen molar-refractivity contribution in [3.63, 3.8) is 0 Å². The summed E-state index contributed by atoms with van der Waals surface area (Å²) in [6, 6.07) is 3.85. The van der Waals surface area contributed by atoms with Gasteiger partial charge >= 0.3 is 0 Å². The lowest BCUT2D eigenvalue weighted by atomic mass is 9.93. The summed E-state index contributed by atoms with van der Waals surface area (Å²) in [7, 11) is 1.62. The number of β-amino-alcohol motifs (C(OH)–C–C–N with tert-alkyl or cyclic N) is 1. The van der Waals surface area contributed by atoms with Gasteiger partial charge in [-0.25, -0.2) is 0 Å². The fraction of sp³-hybridized carbons (Fsp3) is 0.583. The number of nitrogens with zero attached hydrogens (tertiary/aromatic N) is 1. The SMILES string of the molecule is COCC1(O)CCCN(c2ccc(=S)[nH]c2)C1. The Balaban J connectivity index is 2.11. The summed E-state index contributed by atoms with van der Waals surface area (Å²) in [4.78, 5) is 5.18. The van der Waals surface area contributed by atoms with Gasteiger partial charge in [-0.15, -0.1) is 0 Å². The van der Waals surface area contributed by atoms with Crippen LogP contribution in [0.4, 0.5) is 5.69 Å². The number of aromatic amines is 1. The van der Waals surface area contributed by atoms with E-state index in [2.05, 4.69) is 9.88 Å². The van der Waals surface area contributed by atoms with E-state index in [0.717, 1.165) is 29.7 Å². The summed E-state index contributed by atoms with van der Waals surface area (Å²) in [6.07, 6.45) is 3.65. The summed E-state index contributed by atoms with van der Waals surface area (Å²) in [5, 5.41) is 10.4. The molecule has 17 heavy (non-hydrogen) atoms. The van der Waals surface area contributed by atoms with E-state index in [1.807, 2.05) is 18.3 Å². The fourth-order valence-electron chi connectivity index (χ4n) is 2.32. The Hall–Kier alpha value is -0.910. The lowest BCUT2D eigenvalue weighted by molar-refractivity contribution is -0.0393. The highest BCUT2D eigenvalue weighted by Gasteiger charge is 2.33. The average Bonchev–Trinajstić information content (AvgIpc) is 2.30. The molecule has 2 rings (SSSR count). The lowest BCUT2D eigenvalue weighted by Gasteiger charge is -2.39. The number of H-pyrrole nitrogens is 1. The first-order valence-electron chi connectivity index (χ1n) is 5.78. The molecule has 4 nitrogen and oxygen atoms in total. The minimum absolute atomic E-state index is 0.381. The van der Waals surface area contributed by atoms with E-state index < -0.39 is 5.60 Å². The van der Waals surface area contributed by atoms with E-state index in [1.54, 1.807) is 7.11 Å². The van der Waals surface area contributed by atoms with Crippen molar-refractivity contribution >= 4 is 17.9 Å². The predicted octanol–water partition coefficient (Wildman–Crippen LogP) is 1.72. The van der Waals surface area contributed by atoms with Crippen molar-refractivity contribution in [1.29, 1.82) is 0 Å². The van der Waals surface area contributed by atoms with Crippen molar-refractivity contribution in [3.8, 4) is 0 Å². The second-order valence-corrected chi connectivity index (χ2v) is 5.03. The van der Waals surface area contributed by atoms with Crippen LogP contribution < -0.4 is 4.90 Å². The molecule has 0 radical (unpaired) electrons. The monoisotopic (exact) mass is 254 g/mol. The summed E-state index contributed by atoms with van der Waals surface area (Å²) in [6.45, 7) is 1.94. The molecule has 94 valence electrons. The zero-order chi connectivity index (χ0) is 12.3. The third kappa shape index (κ3) is 3.06. The normalized spacial score (nSPS) is 24.9. The van der Waals surface area contributed by atoms with Gasteiger partial charge in [0.25, 0.3) is 0 Å². The van der Waals surface area contributed by atoms with Crippen molar-refractivity contribution in [2.45, 2.75) is 18.4 Å². The largest absolute Gasteiger partial charge is 0.386 e. The molecule has 0 aromatic carbocycles. The van der Waals surface area contributed by atoms with Gasteiger partial charge in [0.2, 0.25) is 0 Å². The molecule has 0 aliphatic carbocycles. The highest BCUT2D eigenvalue weighted by molar-refractivity contribution is 7.71. The van der Waals surface area contributed by atoms with E-state index in [-0.39, 0.29) is 0 Å². The molecular formula is C12H18N2O2S. The summed E-state index contributed by atoms with van der Waals surface area (Å²) in [5.41, 5.74) is 0.326. The van der Waals surface area contributed by atoms with Crippen molar-refractivity contribution in [3.05, 3.63) is 23.0 Å². The van der Waals surface area contributed by atoms with Gasteiger partial charge in [-0.1, -0.05) is 12.2 Å². The van der Waals surface area contributed by atoms with Crippen LogP contribution in [-0.2, 0) is 4.74 Å². The van der Waals surface area contributed by atoms with E-state index in [4.69, 9.17) is 17.0 Å². The molecule has 1 aliphatic heterocycles. The first-order valence-corrected chi connectivity index (χ1v) is 6.19. The first-order chi connectivity index (χ1) is 8.13. The average molecular weight is 254 g/mol. The molecular weight excluding hydrogens is 236 g/mol. The van der Waals surface area contributed by atoms with Crippen LogP contribution in [0.2, 0.25) is 0 Å². The molecule has 1 atom stereocenters. The number of pyridine rings is 1. The molecule has 5 heteroatoms. The molecule has 0 bridgehead atoms. The van der Waals surface area contributed by atoms with Crippen LogP contribution in [0.15, 0.2) is 18.3 Å². The highest BCUT2D eigenvalue weighted by atomic mass is 32.1. The van der Waals surface area contributed by atoms with Crippen molar-refractivity contribution in [2.75, 3.05) is 31.7 Å². The number of anilines is 1. The van der Waals surface area contributed by atoms with Gasteiger partial charge in [-0.05, 0) is 25.0 Å². The molecule has 2 N–H and O–H groups in total. The van der Waals surface area contributed by atoms with E-state index >= 15 is 0 Å². The van der Waals surface area contributed by atoms with Gasteiger partial charge in [0.15, 0.2) is 0 Å². The molecule has 1 aromatic rings. The Morgan fingerprint density at radius 3 is 3.06 bits per heavy atom. The van der Waals surface area contributed by atoms with Gasteiger partial charge in [0, 0.05) is 26.4 Å². The van der Waals surface area contributed by atoms with Crippen molar-refractivity contribution in [1.82, 2.24) is 4.98 Å². The third-order valence-corrected chi connectivity index (χ3v) is 3.36. The molecule has 1 aliphatic rings. The number of nitrogens with one attached hydrogen (secondary N) is 1. The van der Waals surface area contributed by atoms with E-state index in [0.29, 0.717) is 13.2 Å². The van der Waals surface area contributed by atoms with Gasteiger partial charge in [0.1, 0.15) is 10.2 Å². The smallest absolute Gasteiger partial charge is 0.105 e. The van der Waals surface area contributed by atoms with E-state index in [9.17, 15) is 5.11 Å². The number of methoxy groups -OCH3 is 1. The second-order valence-electron chi connectivity index (χ2n) is 4.59. The van der Waals surface area contributed by atoms with Crippen LogP contribution in [0.25, 0.3) is 0 Å². The van der Waals surface area contributed by atoms with E-state index in [1.165, 1.54) is 0 Å². The maximum absolute atomic E-state index is 10.4. The lowest BCUT2D eigenvalue weighted by Crippen LogP contribution is -2.51. The van der Waals surface area contributed by atoms with Crippen LogP contribution in [0.5, 0.6) is 0 Å².